The van der Waals surface area contributed by atoms with Crippen LogP contribution >= 0.6 is 11.6 Å². The molecule has 0 heterocycles. The number of carbonyl (C=O) groups excluding carboxylic acids is 1. The van der Waals surface area contributed by atoms with Crippen molar-refractivity contribution in [2.45, 2.75) is 13.0 Å². The molecule has 0 fully saturated rings. The van der Waals surface area contributed by atoms with E-state index in [2.05, 4.69) is 5.32 Å². The molecule has 5 heteroatoms. The Morgan fingerprint density at radius 1 is 1.09 bits per heavy atom. The van der Waals surface area contributed by atoms with Gasteiger partial charge in [0.25, 0.3) is 0 Å². The molecule has 2 aromatic carbocycles. The highest BCUT2D eigenvalue weighted by atomic mass is 35.5. The Balaban J connectivity index is 1.72. The Kier molecular flexibility index (Phi) is 6.10. The van der Waals surface area contributed by atoms with Gasteiger partial charge in [0, 0.05) is 11.6 Å². The predicted molar refractivity (Wildman–Crippen MR) is 86.4 cm³/mol. The maximum absolute atomic E-state index is 11.8. The standard InChI is InChI=1S/C17H18ClNO3/c1-21-15-4-2-3-5-16(15)22-11-10-17(20)19-12-13-6-8-14(18)9-7-13/h2-9H,10-12H2,1H3,(H,19,20). The Labute approximate surface area is 135 Å². The SMILES string of the molecule is COc1ccccc1OCCC(=O)NCc1ccc(Cl)cc1. The van der Waals surface area contributed by atoms with Crippen molar-refractivity contribution in [3.63, 3.8) is 0 Å². The lowest BCUT2D eigenvalue weighted by molar-refractivity contribution is -0.121. The Bertz CT molecular complexity index is 614. The lowest BCUT2D eigenvalue weighted by atomic mass is 10.2. The van der Waals surface area contributed by atoms with Gasteiger partial charge in [0.1, 0.15) is 0 Å². The van der Waals surface area contributed by atoms with Crippen LogP contribution in [0.15, 0.2) is 48.5 Å². The van der Waals surface area contributed by atoms with Crippen molar-refractivity contribution in [2.24, 2.45) is 0 Å². The van der Waals surface area contributed by atoms with Gasteiger partial charge in [0.15, 0.2) is 11.5 Å². The molecule has 0 aliphatic carbocycles. The maximum atomic E-state index is 11.8. The van der Waals surface area contributed by atoms with E-state index in [-0.39, 0.29) is 12.3 Å². The molecule has 0 aromatic heterocycles. The largest absolute Gasteiger partial charge is 0.493 e. The topological polar surface area (TPSA) is 47.6 Å². The summed E-state index contributed by atoms with van der Waals surface area (Å²) < 4.78 is 10.7. The van der Waals surface area contributed by atoms with Gasteiger partial charge in [-0.05, 0) is 29.8 Å². The molecule has 0 spiro atoms. The molecule has 2 rings (SSSR count). The molecule has 22 heavy (non-hydrogen) atoms. The summed E-state index contributed by atoms with van der Waals surface area (Å²) in [4.78, 5) is 11.8. The third-order valence-electron chi connectivity index (χ3n) is 3.06. The minimum Gasteiger partial charge on any atom is -0.493 e. The summed E-state index contributed by atoms with van der Waals surface area (Å²) in [6.07, 6.45) is 0.283. The molecule has 0 bridgehead atoms. The number of ether oxygens (including phenoxy) is 2. The van der Waals surface area contributed by atoms with Crippen LogP contribution in [0.4, 0.5) is 0 Å². The minimum atomic E-state index is -0.0650. The molecule has 0 saturated carbocycles. The smallest absolute Gasteiger partial charge is 0.223 e. The van der Waals surface area contributed by atoms with Gasteiger partial charge in [0.2, 0.25) is 5.91 Å². The highest BCUT2D eigenvalue weighted by Crippen LogP contribution is 2.25. The first kappa shape index (κ1) is 16.2. The maximum Gasteiger partial charge on any atom is 0.223 e. The zero-order valence-corrected chi connectivity index (χ0v) is 13.1. The molecule has 0 atom stereocenters. The Morgan fingerprint density at radius 3 is 2.45 bits per heavy atom. The summed E-state index contributed by atoms with van der Waals surface area (Å²) in [6.45, 7) is 0.775. The summed E-state index contributed by atoms with van der Waals surface area (Å²) in [5.74, 6) is 1.23. The first-order valence-corrected chi connectivity index (χ1v) is 7.34. The van der Waals surface area contributed by atoms with Crippen LogP contribution in [0.25, 0.3) is 0 Å². The summed E-state index contributed by atoms with van der Waals surface area (Å²) in [5.41, 5.74) is 1.00. The summed E-state index contributed by atoms with van der Waals surface area (Å²) in [5, 5.41) is 3.52. The van der Waals surface area contributed by atoms with Crippen molar-refractivity contribution in [1.29, 1.82) is 0 Å². The van der Waals surface area contributed by atoms with Crippen LogP contribution < -0.4 is 14.8 Å². The number of carbonyl (C=O) groups is 1. The molecular weight excluding hydrogens is 302 g/mol. The molecule has 116 valence electrons. The first-order valence-electron chi connectivity index (χ1n) is 6.96. The monoisotopic (exact) mass is 319 g/mol. The van der Waals surface area contributed by atoms with Gasteiger partial charge in [-0.1, -0.05) is 35.9 Å². The highest BCUT2D eigenvalue weighted by Gasteiger charge is 2.05. The number of hydrogen-bond donors (Lipinski definition) is 1. The number of benzene rings is 2. The average molecular weight is 320 g/mol. The van der Waals surface area contributed by atoms with E-state index in [1.807, 2.05) is 36.4 Å². The minimum absolute atomic E-state index is 0.0650. The summed E-state index contributed by atoms with van der Waals surface area (Å²) in [6, 6.07) is 14.7. The van der Waals surface area contributed by atoms with E-state index in [1.54, 1.807) is 19.2 Å². The fourth-order valence-electron chi connectivity index (χ4n) is 1.88. The van der Waals surface area contributed by atoms with Crippen molar-refractivity contribution < 1.29 is 14.3 Å². The van der Waals surface area contributed by atoms with Crippen LogP contribution in [0.2, 0.25) is 5.02 Å². The van der Waals surface area contributed by atoms with Crippen LogP contribution in [0.3, 0.4) is 0 Å². The second kappa shape index (κ2) is 8.29. The molecule has 4 nitrogen and oxygen atoms in total. The second-order valence-electron chi connectivity index (χ2n) is 4.65. The van der Waals surface area contributed by atoms with Crippen LogP contribution in [0, 0.1) is 0 Å². The van der Waals surface area contributed by atoms with Crippen molar-refractivity contribution in [1.82, 2.24) is 5.32 Å². The molecule has 1 amide bonds. The fourth-order valence-corrected chi connectivity index (χ4v) is 2.01. The highest BCUT2D eigenvalue weighted by molar-refractivity contribution is 6.30. The zero-order valence-electron chi connectivity index (χ0n) is 12.3. The summed E-state index contributed by atoms with van der Waals surface area (Å²) in [7, 11) is 1.58. The molecular formula is C17H18ClNO3. The van der Waals surface area contributed by atoms with E-state index >= 15 is 0 Å². The number of halogens is 1. The lowest BCUT2D eigenvalue weighted by Gasteiger charge is -2.10. The normalized spacial score (nSPS) is 10.1. The second-order valence-corrected chi connectivity index (χ2v) is 5.09. The molecule has 1 N–H and O–H groups in total. The van der Waals surface area contributed by atoms with Gasteiger partial charge in [0.05, 0.1) is 20.1 Å². The van der Waals surface area contributed by atoms with Gasteiger partial charge >= 0.3 is 0 Å². The van der Waals surface area contributed by atoms with Gasteiger partial charge in [-0.15, -0.1) is 0 Å². The number of nitrogens with one attached hydrogen (secondary N) is 1. The van der Waals surface area contributed by atoms with Crippen LogP contribution in [0.1, 0.15) is 12.0 Å². The number of hydrogen-bond acceptors (Lipinski definition) is 3. The molecule has 0 aliphatic rings. The van der Waals surface area contributed by atoms with Gasteiger partial charge in [-0.3, -0.25) is 4.79 Å². The van der Waals surface area contributed by atoms with E-state index in [0.717, 1.165) is 5.56 Å². The predicted octanol–water partition coefficient (Wildman–Crippen LogP) is 3.43. The van der Waals surface area contributed by atoms with Crippen LogP contribution in [-0.2, 0) is 11.3 Å². The number of amides is 1. The molecule has 0 radical (unpaired) electrons. The molecule has 0 aliphatic heterocycles. The number of rotatable bonds is 7. The fraction of sp³-hybridized carbons (Fsp3) is 0.235. The Morgan fingerprint density at radius 2 is 1.77 bits per heavy atom. The third kappa shape index (κ3) is 4.97. The van der Waals surface area contributed by atoms with Crippen LogP contribution in [0.5, 0.6) is 11.5 Å². The van der Waals surface area contributed by atoms with E-state index in [9.17, 15) is 4.79 Å². The van der Waals surface area contributed by atoms with Gasteiger partial charge < -0.3 is 14.8 Å². The lowest BCUT2D eigenvalue weighted by Crippen LogP contribution is -2.24. The molecule has 0 unspecified atom stereocenters. The van der Waals surface area contributed by atoms with Crippen molar-refractivity contribution in [3.05, 3.63) is 59.1 Å². The third-order valence-corrected chi connectivity index (χ3v) is 3.31. The van der Waals surface area contributed by atoms with Crippen molar-refractivity contribution in [2.75, 3.05) is 13.7 Å². The molecule has 2 aromatic rings. The van der Waals surface area contributed by atoms with Crippen LogP contribution in [-0.4, -0.2) is 19.6 Å². The quantitative estimate of drug-likeness (QED) is 0.850. The first-order chi connectivity index (χ1) is 10.7. The van der Waals surface area contributed by atoms with Gasteiger partial charge in [-0.25, -0.2) is 0 Å². The average Bonchev–Trinajstić information content (AvgIpc) is 2.55. The van der Waals surface area contributed by atoms with E-state index in [4.69, 9.17) is 21.1 Å². The van der Waals surface area contributed by atoms with E-state index in [1.165, 1.54) is 0 Å². The molecule has 0 saturated heterocycles. The van der Waals surface area contributed by atoms with Crippen molar-refractivity contribution in [3.8, 4) is 11.5 Å². The van der Waals surface area contributed by atoms with Crippen molar-refractivity contribution >= 4 is 17.5 Å². The zero-order chi connectivity index (χ0) is 15.8. The summed E-state index contributed by atoms with van der Waals surface area (Å²) >= 11 is 5.81. The van der Waals surface area contributed by atoms with E-state index < -0.39 is 0 Å². The van der Waals surface area contributed by atoms with E-state index in [0.29, 0.717) is 29.7 Å². The number of para-hydroxylation sites is 2. The van der Waals surface area contributed by atoms with Gasteiger partial charge in [-0.2, -0.15) is 0 Å². The number of methoxy groups -OCH3 is 1. The Hall–Kier alpha value is -2.20.